The van der Waals surface area contributed by atoms with Crippen LogP contribution in [0, 0.1) is 24.0 Å². The molecule has 4 heterocycles. The normalized spacial score (nSPS) is 11.6. The number of para-hydroxylation sites is 3. The zero-order valence-corrected chi connectivity index (χ0v) is 42.7. The monoisotopic (exact) mass is 1090 g/mol. The minimum atomic E-state index is -1.86. The molecule has 0 fully saturated rings. The van der Waals surface area contributed by atoms with Crippen LogP contribution >= 0.6 is 0 Å². The number of hydrogen-bond donors (Lipinski definition) is 0. The maximum Gasteiger partial charge on any atom is 0.216 e. The van der Waals surface area contributed by atoms with Gasteiger partial charge in [-0.2, -0.15) is 0 Å². The number of nitrogens with zero attached hydrogens (tertiary/aromatic N) is 4. The zero-order valence-electron chi connectivity index (χ0n) is 38.2. The molecule has 327 valence electrons. The van der Waals surface area contributed by atoms with Gasteiger partial charge in [-0.05, 0) is 47.7 Å². The van der Waals surface area contributed by atoms with Crippen molar-refractivity contribution in [2.45, 2.75) is 57.8 Å². The van der Waals surface area contributed by atoms with Crippen LogP contribution in [0.25, 0.3) is 83.7 Å². The Morgan fingerprint density at radius 2 is 1.29 bits per heavy atom. The smallest absolute Gasteiger partial charge is 0.216 e. The van der Waals surface area contributed by atoms with Crippen LogP contribution in [0.3, 0.4) is 0 Å². The Balaban J connectivity index is 0.000000232. The van der Waals surface area contributed by atoms with Gasteiger partial charge in [-0.15, -0.1) is 18.2 Å². The van der Waals surface area contributed by atoms with Crippen LogP contribution in [0.1, 0.15) is 39.0 Å². The zero-order chi connectivity index (χ0) is 44.4. The molecule has 65 heavy (non-hydrogen) atoms. The van der Waals surface area contributed by atoms with E-state index in [1.807, 2.05) is 30.3 Å². The standard InChI is InChI=1S/C40H30N3O.C18H24GeN.Ir/c1-26(2)25-29-23-24-33-32-19-12-20-34(38(32)44-40(33)41-29)39-42-35-21-9-10-22-36(35)43(39)37-30(27-13-5-3-6-14-27)17-11-18-31(37)28-15-7-4-8-16-28;1-14(2)11-16-12-18(15-9-7-6-8-10-15)20-13-17(16)19(3,4)5;/h3-19,21-24,26H,25H2,1-2H3;6-9,12-14H,11H2,1-5H3;/q2*-1;. The fourth-order valence-corrected chi connectivity index (χ4v) is 12.1. The number of aromatic nitrogens is 4. The summed E-state index contributed by atoms with van der Waals surface area (Å²) in [5.41, 5.74) is 14.4. The van der Waals surface area contributed by atoms with E-state index in [0.29, 0.717) is 17.5 Å². The molecule has 10 rings (SSSR count). The number of fused-ring (bicyclic) bond motifs is 4. The third-order valence-corrected chi connectivity index (χ3v) is 15.9. The first-order chi connectivity index (χ1) is 31.0. The minimum absolute atomic E-state index is 0. The van der Waals surface area contributed by atoms with Crippen molar-refractivity contribution in [1.82, 2.24) is 19.5 Å². The summed E-state index contributed by atoms with van der Waals surface area (Å²) in [6.45, 7) is 8.99. The molecule has 0 atom stereocenters. The van der Waals surface area contributed by atoms with Crippen LogP contribution in [-0.2, 0) is 32.9 Å². The Morgan fingerprint density at radius 1 is 0.631 bits per heavy atom. The van der Waals surface area contributed by atoms with Crippen LogP contribution in [-0.4, -0.2) is 32.8 Å². The van der Waals surface area contributed by atoms with Crippen molar-refractivity contribution in [3.05, 3.63) is 187 Å². The van der Waals surface area contributed by atoms with E-state index >= 15 is 0 Å². The molecule has 7 heteroatoms. The fourth-order valence-electron chi connectivity index (χ4n) is 8.75. The third kappa shape index (κ3) is 9.72. The molecule has 0 saturated heterocycles. The molecule has 0 amide bonds. The first-order valence-corrected chi connectivity index (χ1v) is 29.8. The van der Waals surface area contributed by atoms with Gasteiger partial charge in [0.2, 0.25) is 5.71 Å². The molecule has 6 aromatic carbocycles. The van der Waals surface area contributed by atoms with Crippen molar-refractivity contribution < 1.29 is 24.5 Å². The Bertz CT molecular complexity index is 3150. The maximum absolute atomic E-state index is 6.58. The number of pyridine rings is 2. The molecule has 0 spiro atoms. The molecule has 0 bridgehead atoms. The van der Waals surface area contributed by atoms with Crippen LogP contribution < -0.4 is 4.40 Å². The molecule has 0 aliphatic heterocycles. The van der Waals surface area contributed by atoms with Crippen molar-refractivity contribution in [3.8, 4) is 50.6 Å². The van der Waals surface area contributed by atoms with E-state index in [1.165, 1.54) is 5.56 Å². The Morgan fingerprint density at radius 3 is 1.94 bits per heavy atom. The van der Waals surface area contributed by atoms with E-state index < -0.39 is 13.3 Å². The molecule has 10 aromatic rings. The number of rotatable bonds is 10. The third-order valence-electron chi connectivity index (χ3n) is 11.6. The molecule has 0 saturated carbocycles. The maximum atomic E-state index is 6.58. The summed E-state index contributed by atoms with van der Waals surface area (Å²) >= 11 is -1.86. The van der Waals surface area contributed by atoms with Crippen LogP contribution in [0.15, 0.2) is 168 Å². The number of benzene rings is 6. The summed E-state index contributed by atoms with van der Waals surface area (Å²) in [4.78, 5) is 14.9. The van der Waals surface area contributed by atoms with Gasteiger partial charge in [0.15, 0.2) is 0 Å². The average Bonchev–Trinajstić information content (AvgIpc) is 3.87. The number of furan rings is 1. The van der Waals surface area contributed by atoms with Crippen molar-refractivity contribution in [2.24, 2.45) is 11.8 Å². The van der Waals surface area contributed by atoms with E-state index in [9.17, 15) is 0 Å². The summed E-state index contributed by atoms with van der Waals surface area (Å²) < 4.78 is 10.4. The van der Waals surface area contributed by atoms with E-state index in [0.717, 1.165) is 96.5 Å². The second-order valence-electron chi connectivity index (χ2n) is 18.5. The summed E-state index contributed by atoms with van der Waals surface area (Å²) in [6.07, 6.45) is 4.17. The number of imidazole rings is 1. The summed E-state index contributed by atoms with van der Waals surface area (Å²) in [5, 5.41) is 2.01. The molecule has 1 radical (unpaired) electrons. The topological polar surface area (TPSA) is 56.7 Å². The first-order valence-electron chi connectivity index (χ1n) is 22.4. The molecule has 0 unspecified atom stereocenters. The van der Waals surface area contributed by atoms with Gasteiger partial charge < -0.3 is 8.98 Å². The van der Waals surface area contributed by atoms with Gasteiger partial charge in [0, 0.05) is 42.3 Å². The quantitative estimate of drug-likeness (QED) is 0.101. The Kier molecular flexibility index (Phi) is 13.8. The molecular weight excluding hydrogens is 1030 g/mol. The largest absolute Gasteiger partial charge is 0.486 e. The van der Waals surface area contributed by atoms with Crippen molar-refractivity contribution in [3.63, 3.8) is 0 Å². The van der Waals surface area contributed by atoms with Gasteiger partial charge in [-0.1, -0.05) is 116 Å². The van der Waals surface area contributed by atoms with Crippen molar-refractivity contribution in [2.75, 3.05) is 0 Å². The van der Waals surface area contributed by atoms with E-state index in [2.05, 4.69) is 195 Å². The van der Waals surface area contributed by atoms with Crippen molar-refractivity contribution >= 4 is 50.8 Å². The first kappa shape index (κ1) is 45.6. The Hall–Kier alpha value is -5.92. The molecule has 0 aliphatic carbocycles. The second-order valence-corrected chi connectivity index (χ2v) is 29.1. The Labute approximate surface area is 399 Å². The number of hydrogen-bond acceptors (Lipinski definition) is 4. The van der Waals surface area contributed by atoms with Gasteiger partial charge in [0.25, 0.3) is 0 Å². The van der Waals surface area contributed by atoms with Gasteiger partial charge in [-0.3, -0.25) is 4.98 Å². The molecule has 0 aliphatic rings. The second kappa shape index (κ2) is 19.7. The molecule has 4 aromatic heterocycles. The minimum Gasteiger partial charge on any atom is -0.486 e. The predicted octanol–water partition coefficient (Wildman–Crippen LogP) is 14.6. The van der Waals surface area contributed by atoms with E-state index in [-0.39, 0.29) is 20.1 Å². The molecular formula is C58H54GeIrN4O-2. The molecule has 0 N–H and O–H groups in total. The van der Waals surface area contributed by atoms with Gasteiger partial charge in [0.05, 0.1) is 28.1 Å². The summed E-state index contributed by atoms with van der Waals surface area (Å²) in [7, 11) is 0. The van der Waals surface area contributed by atoms with Gasteiger partial charge in [0.1, 0.15) is 0 Å². The van der Waals surface area contributed by atoms with Crippen LogP contribution in [0.5, 0.6) is 0 Å². The van der Waals surface area contributed by atoms with E-state index in [4.69, 9.17) is 19.4 Å². The predicted molar refractivity (Wildman–Crippen MR) is 270 cm³/mol. The molecule has 5 nitrogen and oxygen atoms in total. The average molecular weight is 1090 g/mol. The van der Waals surface area contributed by atoms with E-state index in [1.54, 1.807) is 4.40 Å². The fraction of sp³-hybridized carbons (Fsp3) is 0.190. The summed E-state index contributed by atoms with van der Waals surface area (Å²) in [6, 6.07) is 61.4. The summed E-state index contributed by atoms with van der Waals surface area (Å²) in [5.74, 6) is 9.28. The SMILES string of the molecule is CC(C)Cc1cc(-c2[c-]cccc2)nc[c]1[Ge]([CH3])([CH3])[CH3].CC(C)Cc1ccc2c(n1)oc1c(-c3nc4ccccc4n3-c3c(-c4ccccc4)cccc3-c3ccccc3)[c-]ccc12.[Ir]. The van der Waals surface area contributed by atoms with Gasteiger partial charge in [-0.25, -0.2) is 4.98 Å². The van der Waals surface area contributed by atoms with Gasteiger partial charge >= 0.3 is 126 Å². The van der Waals surface area contributed by atoms with Crippen LogP contribution in [0.2, 0.25) is 17.3 Å². The van der Waals surface area contributed by atoms with Crippen molar-refractivity contribution in [1.29, 1.82) is 0 Å². The van der Waals surface area contributed by atoms with Crippen LogP contribution in [0.4, 0.5) is 0 Å².